The molecule has 0 unspecified atom stereocenters. The average molecular weight is 404 g/mol. The lowest BCUT2D eigenvalue weighted by Crippen LogP contribution is -2.36. The molecule has 1 N–H and O–H groups in total. The average Bonchev–Trinajstić information content (AvgIpc) is 3.26. The fraction of sp³-hybridized carbons (Fsp3) is 0.174. The van der Waals surface area contributed by atoms with Gasteiger partial charge in [0.15, 0.2) is 0 Å². The van der Waals surface area contributed by atoms with Crippen LogP contribution in [0.25, 0.3) is 11.8 Å². The van der Waals surface area contributed by atoms with Crippen LogP contribution in [0.4, 0.5) is 5.69 Å². The summed E-state index contributed by atoms with van der Waals surface area (Å²) in [4.78, 5) is 26.4. The highest BCUT2D eigenvalue weighted by Crippen LogP contribution is 2.22. The normalized spacial score (nSPS) is 10.7. The Hall–Kier alpha value is -3.87. The van der Waals surface area contributed by atoms with E-state index in [1.807, 2.05) is 49.5 Å². The van der Waals surface area contributed by atoms with Gasteiger partial charge in [-0.25, -0.2) is 4.68 Å². The summed E-state index contributed by atoms with van der Waals surface area (Å²) in [6, 6.07) is 16.8. The van der Waals surface area contributed by atoms with Gasteiger partial charge in [-0.2, -0.15) is 5.10 Å². The quantitative estimate of drug-likeness (QED) is 0.584. The number of nitrogens with zero attached hydrogens (tertiary/aromatic N) is 3. The number of carbonyl (C=O) groups excluding carboxylic acids is 2. The summed E-state index contributed by atoms with van der Waals surface area (Å²) in [5.41, 5.74) is 2.30. The van der Waals surface area contributed by atoms with Crippen LogP contribution in [0.15, 0.2) is 73.1 Å². The van der Waals surface area contributed by atoms with Crippen molar-refractivity contribution in [3.63, 3.8) is 0 Å². The molecule has 0 fully saturated rings. The number of carbonyl (C=O) groups is 2. The van der Waals surface area contributed by atoms with Crippen molar-refractivity contribution in [2.75, 3.05) is 25.5 Å². The molecule has 0 bridgehead atoms. The van der Waals surface area contributed by atoms with Gasteiger partial charge >= 0.3 is 0 Å². The van der Waals surface area contributed by atoms with Crippen LogP contribution in [0.2, 0.25) is 0 Å². The predicted molar refractivity (Wildman–Crippen MR) is 116 cm³/mol. The zero-order valence-corrected chi connectivity index (χ0v) is 17.0. The number of ether oxygens (including phenoxy) is 1. The predicted octanol–water partition coefficient (Wildman–Crippen LogP) is 3.38. The van der Waals surface area contributed by atoms with Gasteiger partial charge in [0, 0.05) is 24.4 Å². The Balaban J connectivity index is 1.60. The SMILES string of the molecule is CCN(CC(=O)Nc1ccccc1OC)C(=O)/C=C/c1cnn(-c2ccccc2)c1. The number of para-hydroxylation sites is 3. The lowest BCUT2D eigenvalue weighted by molar-refractivity contribution is -0.130. The van der Waals surface area contributed by atoms with Crippen LogP contribution in [0.3, 0.4) is 0 Å². The van der Waals surface area contributed by atoms with E-state index < -0.39 is 0 Å². The van der Waals surface area contributed by atoms with Gasteiger partial charge in [-0.05, 0) is 37.3 Å². The maximum absolute atomic E-state index is 12.5. The van der Waals surface area contributed by atoms with E-state index in [-0.39, 0.29) is 18.4 Å². The van der Waals surface area contributed by atoms with Crippen LogP contribution in [0.1, 0.15) is 12.5 Å². The van der Waals surface area contributed by atoms with Crippen LogP contribution >= 0.6 is 0 Å². The zero-order valence-electron chi connectivity index (χ0n) is 17.0. The fourth-order valence-electron chi connectivity index (χ4n) is 2.87. The minimum atomic E-state index is -0.292. The molecule has 0 saturated carbocycles. The Morgan fingerprint density at radius 3 is 2.60 bits per heavy atom. The minimum Gasteiger partial charge on any atom is -0.495 e. The first-order valence-corrected chi connectivity index (χ1v) is 9.60. The van der Waals surface area contributed by atoms with Crippen molar-refractivity contribution in [2.45, 2.75) is 6.92 Å². The summed E-state index contributed by atoms with van der Waals surface area (Å²) in [6.07, 6.45) is 6.66. The van der Waals surface area contributed by atoms with Crippen molar-refractivity contribution < 1.29 is 14.3 Å². The number of hydrogen-bond donors (Lipinski definition) is 1. The number of methoxy groups -OCH3 is 1. The molecule has 0 saturated heterocycles. The van der Waals surface area contributed by atoms with Gasteiger partial charge in [0.2, 0.25) is 11.8 Å². The maximum Gasteiger partial charge on any atom is 0.247 e. The monoisotopic (exact) mass is 404 g/mol. The van der Waals surface area contributed by atoms with Crippen molar-refractivity contribution in [1.29, 1.82) is 0 Å². The van der Waals surface area contributed by atoms with Gasteiger partial charge in [-0.3, -0.25) is 9.59 Å². The first-order valence-electron chi connectivity index (χ1n) is 9.60. The summed E-state index contributed by atoms with van der Waals surface area (Å²) < 4.78 is 6.97. The molecule has 3 aromatic rings. The Morgan fingerprint density at radius 1 is 1.13 bits per heavy atom. The number of aromatic nitrogens is 2. The van der Waals surface area contributed by atoms with Crippen LogP contribution in [0.5, 0.6) is 5.75 Å². The molecule has 0 atom stereocenters. The molecule has 7 nitrogen and oxygen atoms in total. The molecule has 7 heteroatoms. The van der Waals surface area contributed by atoms with E-state index in [4.69, 9.17) is 4.74 Å². The Bertz CT molecular complexity index is 1030. The second-order valence-corrected chi connectivity index (χ2v) is 6.49. The smallest absolute Gasteiger partial charge is 0.247 e. The van der Waals surface area contributed by atoms with Gasteiger partial charge in [0.05, 0.1) is 24.7 Å². The van der Waals surface area contributed by atoms with E-state index in [1.54, 1.807) is 35.2 Å². The summed E-state index contributed by atoms with van der Waals surface area (Å²) in [6.45, 7) is 2.18. The number of hydrogen-bond acceptors (Lipinski definition) is 4. The Kier molecular flexibility index (Phi) is 7.00. The third-order valence-electron chi connectivity index (χ3n) is 4.45. The first kappa shape index (κ1) is 20.9. The molecule has 1 aromatic heterocycles. The van der Waals surface area contributed by atoms with Gasteiger partial charge < -0.3 is 15.0 Å². The van der Waals surface area contributed by atoms with Crippen molar-refractivity contribution in [3.8, 4) is 11.4 Å². The molecule has 0 spiro atoms. The van der Waals surface area contributed by atoms with Crippen LogP contribution in [-0.2, 0) is 9.59 Å². The molecule has 0 aliphatic heterocycles. The fourth-order valence-corrected chi connectivity index (χ4v) is 2.87. The van der Waals surface area contributed by atoms with E-state index in [1.165, 1.54) is 18.1 Å². The van der Waals surface area contributed by atoms with Gasteiger partial charge in [-0.15, -0.1) is 0 Å². The number of nitrogens with one attached hydrogen (secondary N) is 1. The summed E-state index contributed by atoms with van der Waals surface area (Å²) in [5.74, 6) is 0.0238. The molecular weight excluding hydrogens is 380 g/mol. The zero-order chi connectivity index (χ0) is 21.3. The van der Waals surface area contributed by atoms with Crippen molar-refractivity contribution >= 4 is 23.6 Å². The highest BCUT2D eigenvalue weighted by molar-refractivity contribution is 5.98. The largest absolute Gasteiger partial charge is 0.495 e. The molecule has 0 aliphatic rings. The highest BCUT2D eigenvalue weighted by Gasteiger charge is 2.14. The molecule has 1 heterocycles. The van der Waals surface area contributed by atoms with E-state index in [0.717, 1.165) is 11.3 Å². The minimum absolute atomic E-state index is 0.0546. The Morgan fingerprint density at radius 2 is 1.87 bits per heavy atom. The van der Waals surface area contributed by atoms with Crippen molar-refractivity contribution in [1.82, 2.24) is 14.7 Å². The van der Waals surface area contributed by atoms with E-state index in [0.29, 0.717) is 18.0 Å². The number of anilines is 1. The number of likely N-dealkylation sites (N-methyl/N-ethyl adjacent to an activating group) is 1. The first-order chi connectivity index (χ1) is 14.6. The summed E-state index contributed by atoms with van der Waals surface area (Å²) >= 11 is 0. The van der Waals surface area contributed by atoms with E-state index >= 15 is 0 Å². The summed E-state index contributed by atoms with van der Waals surface area (Å²) in [5, 5.41) is 7.09. The van der Waals surface area contributed by atoms with Crippen LogP contribution < -0.4 is 10.1 Å². The lowest BCUT2D eigenvalue weighted by atomic mass is 10.3. The standard InChI is InChI=1S/C23H24N4O3/c1-3-26(17-22(28)25-20-11-7-8-12-21(20)30-2)23(29)14-13-18-15-24-27(16-18)19-9-5-4-6-10-19/h4-16H,3,17H2,1-2H3,(H,25,28)/b14-13+. The highest BCUT2D eigenvalue weighted by atomic mass is 16.5. The lowest BCUT2D eigenvalue weighted by Gasteiger charge is -2.19. The maximum atomic E-state index is 12.5. The topological polar surface area (TPSA) is 76.5 Å². The number of amides is 2. The van der Waals surface area contributed by atoms with Crippen molar-refractivity contribution in [2.24, 2.45) is 0 Å². The molecule has 2 amide bonds. The van der Waals surface area contributed by atoms with Gasteiger partial charge in [0.25, 0.3) is 0 Å². The summed E-state index contributed by atoms with van der Waals surface area (Å²) in [7, 11) is 1.54. The van der Waals surface area contributed by atoms with E-state index in [9.17, 15) is 9.59 Å². The van der Waals surface area contributed by atoms with Crippen molar-refractivity contribution in [3.05, 3.63) is 78.6 Å². The third kappa shape index (κ3) is 5.35. The van der Waals surface area contributed by atoms with E-state index in [2.05, 4.69) is 10.4 Å². The molecule has 30 heavy (non-hydrogen) atoms. The molecular formula is C23H24N4O3. The van der Waals surface area contributed by atoms with Crippen LogP contribution in [0, 0.1) is 0 Å². The number of rotatable bonds is 8. The molecule has 3 rings (SSSR count). The van der Waals surface area contributed by atoms with Gasteiger partial charge in [-0.1, -0.05) is 30.3 Å². The second-order valence-electron chi connectivity index (χ2n) is 6.49. The molecule has 154 valence electrons. The second kappa shape index (κ2) is 10.1. The van der Waals surface area contributed by atoms with Crippen LogP contribution in [-0.4, -0.2) is 46.7 Å². The number of benzene rings is 2. The molecule has 0 radical (unpaired) electrons. The molecule has 2 aromatic carbocycles. The third-order valence-corrected chi connectivity index (χ3v) is 4.45. The Labute approximate surface area is 175 Å². The van der Waals surface area contributed by atoms with Gasteiger partial charge in [0.1, 0.15) is 12.3 Å². The molecule has 0 aliphatic carbocycles.